The lowest BCUT2D eigenvalue weighted by molar-refractivity contribution is 0.0600. The molecule has 2 rings (SSSR count). The second-order valence-corrected chi connectivity index (χ2v) is 5.75. The Labute approximate surface area is 124 Å². The van der Waals surface area contributed by atoms with Gasteiger partial charge in [-0.3, -0.25) is 0 Å². The van der Waals surface area contributed by atoms with Gasteiger partial charge in [0.2, 0.25) is 0 Å². The third-order valence-corrected chi connectivity index (χ3v) is 3.86. The number of nitrogens with one attached hydrogen (secondary N) is 1. The lowest BCUT2D eigenvalue weighted by Crippen LogP contribution is -2.06. The number of esters is 1. The van der Waals surface area contributed by atoms with E-state index in [-0.39, 0.29) is 5.56 Å². The van der Waals surface area contributed by atoms with Crippen LogP contribution in [0.4, 0.5) is 10.1 Å². The molecule has 0 amide bonds. The van der Waals surface area contributed by atoms with Crippen molar-refractivity contribution < 1.29 is 13.9 Å². The predicted molar refractivity (Wildman–Crippen MR) is 76.9 cm³/mol. The minimum Gasteiger partial charge on any atom is -0.465 e. The van der Waals surface area contributed by atoms with Gasteiger partial charge in [-0.05, 0) is 19.1 Å². The fourth-order valence-corrected chi connectivity index (χ4v) is 2.56. The van der Waals surface area contributed by atoms with Crippen LogP contribution in [0.2, 0.25) is 4.47 Å². The standard InChI is InChI=1S/C13H12ClFN2O2S/c1-7-10(15)3-8(12(18)19-2)4-11(7)16-5-9-6-17-13(14)20-9/h3-4,6,16H,5H2,1-2H3. The first-order valence-corrected chi connectivity index (χ1v) is 6.93. The summed E-state index contributed by atoms with van der Waals surface area (Å²) in [6, 6.07) is 2.73. The molecule has 20 heavy (non-hydrogen) atoms. The Morgan fingerprint density at radius 3 is 2.90 bits per heavy atom. The highest BCUT2D eigenvalue weighted by Crippen LogP contribution is 2.24. The van der Waals surface area contributed by atoms with Crippen LogP contribution in [0.1, 0.15) is 20.8 Å². The lowest BCUT2D eigenvalue weighted by Gasteiger charge is -2.11. The predicted octanol–water partition coefficient (Wildman–Crippen LogP) is 3.64. The maximum Gasteiger partial charge on any atom is 0.338 e. The van der Waals surface area contributed by atoms with Crippen molar-refractivity contribution >= 4 is 34.6 Å². The number of benzene rings is 1. The zero-order valence-corrected chi connectivity index (χ0v) is 12.4. The molecule has 0 bridgehead atoms. The molecule has 0 fully saturated rings. The van der Waals surface area contributed by atoms with Crippen LogP contribution in [0.3, 0.4) is 0 Å². The van der Waals surface area contributed by atoms with E-state index in [2.05, 4.69) is 15.0 Å². The topological polar surface area (TPSA) is 51.2 Å². The van der Waals surface area contributed by atoms with E-state index in [1.807, 2.05) is 0 Å². The summed E-state index contributed by atoms with van der Waals surface area (Å²) in [7, 11) is 1.26. The summed E-state index contributed by atoms with van der Waals surface area (Å²) in [5, 5.41) is 3.07. The van der Waals surface area contributed by atoms with Gasteiger partial charge in [-0.1, -0.05) is 11.6 Å². The van der Waals surface area contributed by atoms with E-state index in [9.17, 15) is 9.18 Å². The molecular formula is C13H12ClFN2O2S. The van der Waals surface area contributed by atoms with E-state index in [0.29, 0.717) is 22.3 Å². The number of carbonyl (C=O) groups excluding carboxylic acids is 1. The molecule has 0 aliphatic heterocycles. The average Bonchev–Trinajstić information content (AvgIpc) is 2.85. The molecule has 7 heteroatoms. The molecule has 1 heterocycles. The Bertz CT molecular complexity index is 645. The molecule has 0 spiro atoms. The number of anilines is 1. The maximum absolute atomic E-state index is 13.8. The second kappa shape index (κ2) is 6.19. The highest BCUT2D eigenvalue weighted by atomic mass is 35.5. The zero-order valence-electron chi connectivity index (χ0n) is 10.9. The van der Waals surface area contributed by atoms with Gasteiger partial charge < -0.3 is 10.1 Å². The van der Waals surface area contributed by atoms with Gasteiger partial charge in [-0.15, -0.1) is 11.3 Å². The summed E-state index contributed by atoms with van der Waals surface area (Å²) in [6.45, 7) is 2.09. The number of nitrogens with zero attached hydrogens (tertiary/aromatic N) is 1. The molecule has 0 radical (unpaired) electrons. The number of halogens is 2. The molecular weight excluding hydrogens is 303 g/mol. The molecule has 0 saturated carbocycles. The second-order valence-electron chi connectivity index (χ2n) is 4.06. The largest absolute Gasteiger partial charge is 0.465 e. The van der Waals surface area contributed by atoms with Crippen LogP contribution in [0.5, 0.6) is 0 Å². The quantitative estimate of drug-likeness (QED) is 0.875. The molecule has 106 valence electrons. The molecule has 1 aromatic heterocycles. The lowest BCUT2D eigenvalue weighted by atomic mass is 10.1. The van der Waals surface area contributed by atoms with E-state index in [1.54, 1.807) is 19.2 Å². The summed E-state index contributed by atoms with van der Waals surface area (Å²) in [5.74, 6) is -1.04. The molecule has 0 unspecified atom stereocenters. The van der Waals surface area contributed by atoms with Gasteiger partial charge in [0.05, 0.1) is 19.2 Å². The fourth-order valence-electron chi connectivity index (χ4n) is 1.65. The van der Waals surface area contributed by atoms with Gasteiger partial charge in [0.15, 0.2) is 4.47 Å². The molecule has 1 aromatic carbocycles. The van der Waals surface area contributed by atoms with Crippen LogP contribution in [0.25, 0.3) is 0 Å². The molecule has 0 aliphatic rings. The summed E-state index contributed by atoms with van der Waals surface area (Å²) < 4.78 is 18.8. The minimum absolute atomic E-state index is 0.167. The first kappa shape index (κ1) is 14.7. The highest BCUT2D eigenvalue weighted by Gasteiger charge is 2.13. The molecule has 4 nitrogen and oxygen atoms in total. The number of thiazole rings is 1. The van der Waals surface area contributed by atoms with Crippen LogP contribution in [-0.2, 0) is 11.3 Å². The number of rotatable bonds is 4. The number of carbonyl (C=O) groups is 1. The van der Waals surface area contributed by atoms with Crippen molar-refractivity contribution in [1.82, 2.24) is 4.98 Å². The Kier molecular flexibility index (Phi) is 4.57. The van der Waals surface area contributed by atoms with Crippen molar-refractivity contribution in [2.24, 2.45) is 0 Å². The molecule has 0 aliphatic carbocycles. The fraction of sp³-hybridized carbons (Fsp3) is 0.231. The van der Waals surface area contributed by atoms with Crippen LogP contribution < -0.4 is 5.32 Å². The Morgan fingerprint density at radius 2 is 2.30 bits per heavy atom. The van der Waals surface area contributed by atoms with Crippen LogP contribution in [0.15, 0.2) is 18.3 Å². The van der Waals surface area contributed by atoms with E-state index >= 15 is 0 Å². The maximum atomic E-state index is 13.8. The van der Waals surface area contributed by atoms with E-state index in [0.717, 1.165) is 10.9 Å². The van der Waals surface area contributed by atoms with Gasteiger partial charge in [0, 0.05) is 22.3 Å². The molecule has 0 saturated heterocycles. The average molecular weight is 315 g/mol. The van der Waals surface area contributed by atoms with Gasteiger partial charge >= 0.3 is 5.97 Å². The van der Waals surface area contributed by atoms with Crippen molar-refractivity contribution in [1.29, 1.82) is 0 Å². The van der Waals surface area contributed by atoms with Crippen molar-refractivity contribution in [2.45, 2.75) is 13.5 Å². The molecule has 0 atom stereocenters. The summed E-state index contributed by atoms with van der Waals surface area (Å²) in [5.41, 5.74) is 1.14. The Balaban J connectivity index is 2.21. The number of hydrogen-bond donors (Lipinski definition) is 1. The van der Waals surface area contributed by atoms with Crippen LogP contribution in [0, 0.1) is 12.7 Å². The van der Waals surface area contributed by atoms with Gasteiger partial charge in [-0.25, -0.2) is 14.2 Å². The molecule has 1 N–H and O–H groups in total. The van der Waals surface area contributed by atoms with E-state index < -0.39 is 11.8 Å². The number of hydrogen-bond acceptors (Lipinski definition) is 5. The third kappa shape index (κ3) is 3.26. The van der Waals surface area contributed by atoms with Gasteiger partial charge in [0.1, 0.15) is 5.82 Å². The number of methoxy groups -OCH3 is 1. The summed E-state index contributed by atoms with van der Waals surface area (Å²) >= 11 is 7.08. The Hall–Kier alpha value is -1.66. The monoisotopic (exact) mass is 314 g/mol. The van der Waals surface area contributed by atoms with Crippen molar-refractivity contribution in [2.75, 3.05) is 12.4 Å². The normalized spacial score (nSPS) is 10.4. The van der Waals surface area contributed by atoms with Crippen LogP contribution in [-0.4, -0.2) is 18.1 Å². The third-order valence-electron chi connectivity index (χ3n) is 2.74. The SMILES string of the molecule is COC(=O)c1cc(F)c(C)c(NCc2cnc(Cl)s2)c1. The number of ether oxygens (including phenoxy) is 1. The summed E-state index contributed by atoms with van der Waals surface area (Å²) in [6.07, 6.45) is 1.65. The van der Waals surface area contributed by atoms with Gasteiger partial charge in [-0.2, -0.15) is 0 Å². The van der Waals surface area contributed by atoms with Crippen molar-refractivity contribution in [3.8, 4) is 0 Å². The minimum atomic E-state index is -0.576. The smallest absolute Gasteiger partial charge is 0.338 e. The first-order valence-electron chi connectivity index (χ1n) is 5.73. The highest BCUT2D eigenvalue weighted by molar-refractivity contribution is 7.15. The summed E-state index contributed by atoms with van der Waals surface area (Å²) in [4.78, 5) is 16.3. The van der Waals surface area contributed by atoms with E-state index in [1.165, 1.54) is 18.4 Å². The number of aromatic nitrogens is 1. The molecule has 2 aromatic rings. The van der Waals surface area contributed by atoms with Crippen LogP contribution >= 0.6 is 22.9 Å². The zero-order chi connectivity index (χ0) is 14.7. The van der Waals surface area contributed by atoms with Crippen molar-refractivity contribution in [3.63, 3.8) is 0 Å². The van der Waals surface area contributed by atoms with E-state index in [4.69, 9.17) is 11.6 Å². The first-order chi connectivity index (χ1) is 9.51. The van der Waals surface area contributed by atoms with Gasteiger partial charge in [0.25, 0.3) is 0 Å². The van der Waals surface area contributed by atoms with Crippen molar-refractivity contribution in [3.05, 3.63) is 44.6 Å². The Morgan fingerprint density at radius 1 is 1.55 bits per heavy atom.